The minimum absolute atomic E-state index is 0.206. The van der Waals surface area contributed by atoms with Crippen molar-refractivity contribution in [1.82, 2.24) is 9.97 Å². The molecule has 0 spiro atoms. The molecule has 3 amide bonds. The maximum atomic E-state index is 13.7. The number of pyridine rings is 1. The molecule has 1 saturated heterocycles. The molecule has 0 atom stereocenters. The van der Waals surface area contributed by atoms with Gasteiger partial charge in [-0.05, 0) is 55.0 Å². The Morgan fingerprint density at radius 2 is 1.80 bits per heavy atom. The van der Waals surface area contributed by atoms with Gasteiger partial charge in [0.05, 0.1) is 29.7 Å². The Balaban J connectivity index is 1.53. The highest BCUT2D eigenvalue weighted by molar-refractivity contribution is 7.22. The number of imide groups is 1. The molecule has 2 aromatic heterocycles. The fourth-order valence-corrected chi connectivity index (χ4v) is 5.08. The predicted molar refractivity (Wildman–Crippen MR) is 134 cm³/mol. The predicted octanol–water partition coefficient (Wildman–Crippen LogP) is 4.51. The van der Waals surface area contributed by atoms with Crippen LogP contribution in [0, 0.1) is 6.92 Å². The molecule has 2 aromatic carbocycles. The van der Waals surface area contributed by atoms with E-state index in [1.54, 1.807) is 42.5 Å². The summed E-state index contributed by atoms with van der Waals surface area (Å²) in [4.78, 5) is 49.8. The molecule has 0 bridgehead atoms. The lowest BCUT2D eigenvalue weighted by atomic mass is 10.1. The van der Waals surface area contributed by atoms with Crippen LogP contribution in [0.1, 0.15) is 34.5 Å². The smallest absolute Gasteiger partial charge is 0.260 e. The van der Waals surface area contributed by atoms with Crippen molar-refractivity contribution in [2.45, 2.75) is 26.3 Å². The number of carbonyl (C=O) groups is 3. The molecule has 0 aliphatic carbocycles. The quantitative estimate of drug-likeness (QED) is 0.373. The van der Waals surface area contributed by atoms with Gasteiger partial charge in [0.2, 0.25) is 11.8 Å². The van der Waals surface area contributed by atoms with Crippen molar-refractivity contribution < 1.29 is 19.1 Å². The van der Waals surface area contributed by atoms with E-state index in [2.05, 4.69) is 4.98 Å². The summed E-state index contributed by atoms with van der Waals surface area (Å²) in [5.74, 6) is -0.0890. The van der Waals surface area contributed by atoms with Gasteiger partial charge in [0.1, 0.15) is 11.3 Å². The molecule has 8 nitrogen and oxygen atoms in total. The minimum Gasteiger partial charge on any atom is -0.494 e. The van der Waals surface area contributed by atoms with Crippen molar-refractivity contribution in [2.75, 3.05) is 16.9 Å². The molecule has 1 aliphatic rings. The fraction of sp³-hybridized carbons (Fsp3) is 0.192. The second-order valence-corrected chi connectivity index (χ2v) is 9.12. The van der Waals surface area contributed by atoms with Gasteiger partial charge in [-0.25, -0.2) is 4.98 Å². The van der Waals surface area contributed by atoms with Crippen molar-refractivity contribution in [3.63, 3.8) is 0 Å². The van der Waals surface area contributed by atoms with Crippen LogP contribution >= 0.6 is 11.3 Å². The van der Waals surface area contributed by atoms with Gasteiger partial charge in [-0.3, -0.25) is 29.2 Å². The van der Waals surface area contributed by atoms with Crippen molar-refractivity contribution >= 4 is 50.1 Å². The zero-order chi connectivity index (χ0) is 24.5. The number of hydrogen-bond acceptors (Lipinski definition) is 7. The number of methoxy groups -OCH3 is 1. The first-order chi connectivity index (χ1) is 17.0. The monoisotopic (exact) mass is 486 g/mol. The van der Waals surface area contributed by atoms with E-state index < -0.39 is 0 Å². The number of nitrogens with zero attached hydrogens (tertiary/aromatic N) is 4. The summed E-state index contributed by atoms with van der Waals surface area (Å²) in [6, 6.07) is 15.9. The highest BCUT2D eigenvalue weighted by Gasteiger charge is 2.30. The van der Waals surface area contributed by atoms with Crippen molar-refractivity contribution in [3.8, 4) is 5.75 Å². The Hall–Kier alpha value is -4.11. The number of benzene rings is 2. The van der Waals surface area contributed by atoms with E-state index in [1.165, 1.54) is 16.2 Å². The third-order valence-electron chi connectivity index (χ3n) is 5.86. The Morgan fingerprint density at radius 3 is 2.46 bits per heavy atom. The summed E-state index contributed by atoms with van der Waals surface area (Å²) >= 11 is 1.42. The summed E-state index contributed by atoms with van der Waals surface area (Å²) in [5.41, 5.74) is 3.33. The van der Waals surface area contributed by atoms with Gasteiger partial charge >= 0.3 is 0 Å². The number of thiazole rings is 1. The molecule has 1 aliphatic heterocycles. The normalized spacial score (nSPS) is 13.5. The zero-order valence-corrected chi connectivity index (χ0v) is 20.0. The first kappa shape index (κ1) is 22.7. The van der Waals surface area contributed by atoms with Crippen LogP contribution in [0.25, 0.3) is 10.2 Å². The molecule has 0 unspecified atom stereocenters. The number of aryl methyl sites for hydroxylation is 1. The zero-order valence-electron chi connectivity index (χ0n) is 19.2. The van der Waals surface area contributed by atoms with Gasteiger partial charge < -0.3 is 4.74 Å². The molecule has 0 saturated carbocycles. The van der Waals surface area contributed by atoms with Gasteiger partial charge in [-0.2, -0.15) is 0 Å². The lowest BCUT2D eigenvalue weighted by Gasteiger charge is -2.20. The summed E-state index contributed by atoms with van der Waals surface area (Å²) in [7, 11) is 1.59. The molecule has 1 fully saturated rings. The van der Waals surface area contributed by atoms with Gasteiger partial charge in [-0.15, -0.1) is 0 Å². The summed E-state index contributed by atoms with van der Waals surface area (Å²) in [6.07, 6.45) is 2.10. The summed E-state index contributed by atoms with van der Waals surface area (Å²) in [6.45, 7) is 2.22. The molecule has 0 N–H and O–H groups in total. The van der Waals surface area contributed by atoms with Gasteiger partial charge in [0.25, 0.3) is 5.91 Å². The highest BCUT2D eigenvalue weighted by Crippen LogP contribution is 2.37. The molecule has 0 radical (unpaired) electrons. The SMILES string of the molecule is COc1ccc(C)c2sc(N(Cc3ccccn3)C(=O)c3ccc(N4C(=O)CCC4=O)cc3)nc12. The van der Waals surface area contributed by atoms with Gasteiger partial charge in [0, 0.05) is 24.6 Å². The van der Waals surface area contributed by atoms with E-state index in [-0.39, 0.29) is 37.1 Å². The second kappa shape index (κ2) is 9.27. The number of aromatic nitrogens is 2. The lowest BCUT2D eigenvalue weighted by Crippen LogP contribution is -2.31. The van der Waals surface area contributed by atoms with Crippen LogP contribution < -0.4 is 14.5 Å². The van der Waals surface area contributed by atoms with E-state index in [0.717, 1.165) is 10.3 Å². The number of anilines is 2. The van der Waals surface area contributed by atoms with Crippen LogP contribution in [0.15, 0.2) is 60.8 Å². The topological polar surface area (TPSA) is 92.7 Å². The average Bonchev–Trinajstić information content (AvgIpc) is 3.47. The van der Waals surface area contributed by atoms with Crippen LogP contribution in [-0.4, -0.2) is 34.8 Å². The van der Waals surface area contributed by atoms with Crippen LogP contribution in [0.2, 0.25) is 0 Å². The van der Waals surface area contributed by atoms with Crippen LogP contribution in [0.3, 0.4) is 0 Å². The molecule has 4 aromatic rings. The molecular weight excluding hydrogens is 464 g/mol. The average molecular weight is 487 g/mol. The van der Waals surface area contributed by atoms with Gasteiger partial charge in [-0.1, -0.05) is 23.5 Å². The Kier molecular flexibility index (Phi) is 6.00. The number of fused-ring (bicyclic) bond motifs is 1. The second-order valence-electron chi connectivity index (χ2n) is 8.14. The summed E-state index contributed by atoms with van der Waals surface area (Å²) < 4.78 is 6.43. The van der Waals surface area contributed by atoms with E-state index in [0.29, 0.717) is 33.3 Å². The van der Waals surface area contributed by atoms with Crippen molar-refractivity contribution in [3.05, 3.63) is 77.6 Å². The Labute approximate surface area is 205 Å². The first-order valence-corrected chi connectivity index (χ1v) is 11.9. The van der Waals surface area contributed by atoms with Crippen LogP contribution in [0.5, 0.6) is 5.75 Å². The molecule has 5 rings (SSSR count). The number of amides is 3. The maximum Gasteiger partial charge on any atom is 0.260 e. The number of carbonyl (C=O) groups excluding carboxylic acids is 3. The Morgan fingerprint density at radius 1 is 1.06 bits per heavy atom. The molecule has 176 valence electrons. The maximum absolute atomic E-state index is 13.7. The van der Waals surface area contributed by atoms with Crippen LogP contribution in [0.4, 0.5) is 10.8 Å². The fourth-order valence-electron chi connectivity index (χ4n) is 4.03. The van der Waals surface area contributed by atoms with E-state index in [9.17, 15) is 14.4 Å². The third kappa shape index (κ3) is 4.26. The highest BCUT2D eigenvalue weighted by atomic mass is 32.1. The Bertz CT molecular complexity index is 1420. The minimum atomic E-state index is -0.267. The van der Waals surface area contributed by atoms with Crippen molar-refractivity contribution in [1.29, 1.82) is 0 Å². The molecule has 9 heteroatoms. The van der Waals surface area contributed by atoms with E-state index in [1.807, 2.05) is 37.3 Å². The molecular formula is C26H22N4O4S. The first-order valence-electron chi connectivity index (χ1n) is 11.1. The number of hydrogen-bond donors (Lipinski definition) is 0. The molecule has 3 heterocycles. The standard InChI is InChI=1S/C26H22N4O4S/c1-16-6-11-20(34-2)23-24(16)35-26(28-23)29(15-18-5-3-4-14-27-18)25(33)17-7-9-19(10-8-17)30-21(31)12-13-22(30)32/h3-11,14H,12-13,15H2,1-2H3. The molecule has 35 heavy (non-hydrogen) atoms. The van der Waals surface area contributed by atoms with Gasteiger partial charge in [0.15, 0.2) is 5.13 Å². The summed E-state index contributed by atoms with van der Waals surface area (Å²) in [5, 5.41) is 0.525. The van der Waals surface area contributed by atoms with Crippen LogP contribution in [-0.2, 0) is 16.1 Å². The van der Waals surface area contributed by atoms with E-state index >= 15 is 0 Å². The van der Waals surface area contributed by atoms with E-state index in [4.69, 9.17) is 9.72 Å². The number of ether oxygens (including phenoxy) is 1. The third-order valence-corrected chi connectivity index (χ3v) is 7.07. The lowest BCUT2D eigenvalue weighted by molar-refractivity contribution is -0.121. The number of rotatable bonds is 6. The largest absolute Gasteiger partial charge is 0.494 e. The van der Waals surface area contributed by atoms with Crippen molar-refractivity contribution in [2.24, 2.45) is 0 Å².